The lowest BCUT2D eigenvalue weighted by Crippen LogP contribution is -2.25. The molecule has 0 aliphatic heterocycles. The lowest BCUT2D eigenvalue weighted by atomic mass is 9.71. The second kappa shape index (κ2) is 3.50. The van der Waals surface area contributed by atoms with Gasteiger partial charge in [0.25, 0.3) is 0 Å². The first-order valence-corrected chi connectivity index (χ1v) is 5.77. The summed E-state index contributed by atoms with van der Waals surface area (Å²) >= 11 is 0. The molecule has 0 amide bonds. The van der Waals surface area contributed by atoms with Gasteiger partial charge in [-0.25, -0.2) is 0 Å². The van der Waals surface area contributed by atoms with E-state index in [0.29, 0.717) is 10.8 Å². The van der Waals surface area contributed by atoms with Crippen LogP contribution in [0.25, 0.3) is 0 Å². The third kappa shape index (κ3) is 2.96. The van der Waals surface area contributed by atoms with Gasteiger partial charge in [-0.05, 0) is 44.4 Å². The van der Waals surface area contributed by atoms with Gasteiger partial charge in [0.15, 0.2) is 0 Å². The molecule has 88 valence electrons. The van der Waals surface area contributed by atoms with Crippen LogP contribution in [0.5, 0.6) is 0 Å². The van der Waals surface area contributed by atoms with Crippen LogP contribution in [0.3, 0.4) is 0 Å². The Balaban J connectivity index is 2.71. The number of hydrogen-bond donors (Lipinski definition) is 0. The van der Waals surface area contributed by atoms with Crippen LogP contribution >= 0.6 is 0 Å². The monoisotopic (exact) mass is 211 g/mol. The van der Waals surface area contributed by atoms with Gasteiger partial charge in [0.05, 0.1) is 5.71 Å². The summed E-state index contributed by atoms with van der Waals surface area (Å²) in [6.07, 6.45) is 2.10. The van der Waals surface area contributed by atoms with Crippen molar-refractivity contribution in [1.29, 1.82) is 0 Å². The van der Waals surface area contributed by atoms with Crippen LogP contribution < -0.4 is 0 Å². The van der Waals surface area contributed by atoms with Crippen LogP contribution in [0, 0.1) is 10.8 Å². The van der Waals surface area contributed by atoms with Crippen LogP contribution in [0.2, 0.25) is 0 Å². The Morgan fingerprint density at radius 1 is 1.00 bits per heavy atom. The number of nitrogens with zero attached hydrogens (tertiary/aromatic N) is 1. The molecule has 0 aromatic rings. The predicted octanol–water partition coefficient (Wildman–Crippen LogP) is 4.00. The third-order valence-electron chi connectivity index (χ3n) is 3.57. The minimum absolute atomic E-state index is 0.177. The zero-order valence-electron chi connectivity index (χ0n) is 11.3. The van der Waals surface area contributed by atoms with Gasteiger partial charge in [0.2, 0.25) is 0 Å². The summed E-state index contributed by atoms with van der Waals surface area (Å²) < 4.78 is 0. The molecule has 0 heterocycles. The van der Waals surface area contributed by atoms with Crippen molar-refractivity contribution < 1.29 is 4.84 Å². The van der Waals surface area contributed by atoms with Crippen molar-refractivity contribution in [3.63, 3.8) is 0 Å². The van der Waals surface area contributed by atoms with Crippen molar-refractivity contribution in [2.75, 3.05) is 0 Å². The highest BCUT2D eigenvalue weighted by Crippen LogP contribution is 2.50. The Bertz CT molecular complexity index is 251. The molecule has 1 aliphatic carbocycles. The van der Waals surface area contributed by atoms with E-state index in [0.717, 1.165) is 12.8 Å². The molecule has 0 saturated heterocycles. The van der Waals surface area contributed by atoms with E-state index in [2.05, 4.69) is 32.9 Å². The summed E-state index contributed by atoms with van der Waals surface area (Å²) in [5.74, 6) is 0. The van der Waals surface area contributed by atoms with Crippen LogP contribution in [0.1, 0.15) is 61.3 Å². The van der Waals surface area contributed by atoms with E-state index < -0.39 is 0 Å². The largest absolute Gasteiger partial charge is 0.390 e. The van der Waals surface area contributed by atoms with Crippen molar-refractivity contribution in [2.24, 2.45) is 16.0 Å². The van der Waals surface area contributed by atoms with E-state index in [1.165, 1.54) is 5.71 Å². The summed E-state index contributed by atoms with van der Waals surface area (Å²) in [6, 6.07) is 0. The highest BCUT2D eigenvalue weighted by atomic mass is 16.6. The van der Waals surface area contributed by atoms with Crippen LogP contribution in [0.15, 0.2) is 5.16 Å². The van der Waals surface area contributed by atoms with Crippen LogP contribution in [0.4, 0.5) is 0 Å². The Morgan fingerprint density at radius 3 is 1.73 bits per heavy atom. The predicted molar refractivity (Wildman–Crippen MR) is 65.1 cm³/mol. The molecule has 15 heavy (non-hydrogen) atoms. The van der Waals surface area contributed by atoms with Crippen molar-refractivity contribution in [3.8, 4) is 0 Å². The Hall–Kier alpha value is -0.530. The number of oxime groups is 1. The van der Waals surface area contributed by atoms with Crippen molar-refractivity contribution in [2.45, 2.75) is 66.9 Å². The number of hydrogen-bond acceptors (Lipinski definition) is 2. The second-order valence-corrected chi connectivity index (χ2v) is 6.98. The first-order valence-electron chi connectivity index (χ1n) is 5.77. The molecule has 1 fully saturated rings. The summed E-state index contributed by atoms with van der Waals surface area (Å²) in [6.45, 7) is 15.3. The molecule has 0 N–H and O–H groups in total. The smallest absolute Gasteiger partial charge is 0.129 e. The molecule has 2 nitrogen and oxygen atoms in total. The van der Waals surface area contributed by atoms with E-state index in [-0.39, 0.29) is 5.60 Å². The minimum Gasteiger partial charge on any atom is -0.390 e. The van der Waals surface area contributed by atoms with Gasteiger partial charge in [-0.1, -0.05) is 32.9 Å². The second-order valence-electron chi connectivity index (χ2n) is 6.98. The zero-order valence-corrected chi connectivity index (χ0v) is 11.3. The normalized spacial score (nSPS) is 24.1. The van der Waals surface area contributed by atoms with Crippen LogP contribution in [-0.2, 0) is 4.84 Å². The molecule has 0 radical (unpaired) electrons. The van der Waals surface area contributed by atoms with Gasteiger partial charge < -0.3 is 4.84 Å². The minimum atomic E-state index is -0.177. The highest BCUT2D eigenvalue weighted by molar-refractivity contribution is 5.87. The van der Waals surface area contributed by atoms with Crippen LogP contribution in [-0.4, -0.2) is 11.3 Å². The standard InChI is InChI=1S/C13H25NO/c1-11(2,3)15-14-10-8-12(4,5)13(6,7)9-10/h8-9H2,1-7H3. The first-order chi connectivity index (χ1) is 6.54. The van der Waals surface area contributed by atoms with Gasteiger partial charge in [-0.15, -0.1) is 0 Å². The molecular formula is C13H25NO. The lowest BCUT2D eigenvalue weighted by Gasteiger charge is -2.33. The Labute approximate surface area is 94.1 Å². The van der Waals surface area contributed by atoms with Gasteiger partial charge in [-0.2, -0.15) is 0 Å². The quantitative estimate of drug-likeness (QED) is 0.601. The molecule has 0 aromatic heterocycles. The SMILES string of the molecule is CC(C)(C)ON=C1CC(C)(C)C(C)(C)C1. The topological polar surface area (TPSA) is 21.6 Å². The maximum Gasteiger partial charge on any atom is 0.129 e. The van der Waals surface area contributed by atoms with E-state index in [9.17, 15) is 0 Å². The molecule has 2 heteroatoms. The van der Waals surface area contributed by atoms with Gasteiger partial charge >= 0.3 is 0 Å². The summed E-state index contributed by atoms with van der Waals surface area (Å²) in [4.78, 5) is 5.49. The molecule has 1 saturated carbocycles. The van der Waals surface area contributed by atoms with Gasteiger partial charge in [-0.3, -0.25) is 0 Å². The molecule has 0 spiro atoms. The summed E-state index contributed by atoms with van der Waals surface area (Å²) in [7, 11) is 0. The molecule has 1 rings (SSSR count). The molecule has 0 atom stereocenters. The molecule has 0 bridgehead atoms. The van der Waals surface area contributed by atoms with E-state index in [1.807, 2.05) is 20.8 Å². The van der Waals surface area contributed by atoms with Gasteiger partial charge in [0.1, 0.15) is 5.60 Å². The average Bonchev–Trinajstić information content (AvgIpc) is 2.16. The van der Waals surface area contributed by atoms with E-state index in [4.69, 9.17) is 4.84 Å². The summed E-state index contributed by atoms with van der Waals surface area (Å²) in [5.41, 5.74) is 1.68. The van der Waals surface area contributed by atoms with Crippen molar-refractivity contribution in [1.82, 2.24) is 0 Å². The maximum atomic E-state index is 5.49. The summed E-state index contributed by atoms with van der Waals surface area (Å²) in [5, 5.41) is 4.30. The molecule has 0 unspecified atom stereocenters. The lowest BCUT2D eigenvalue weighted by molar-refractivity contribution is 0.000298. The Kier molecular flexibility index (Phi) is 2.92. The molecular weight excluding hydrogens is 186 g/mol. The fourth-order valence-electron chi connectivity index (χ4n) is 1.83. The fraction of sp³-hybridized carbons (Fsp3) is 0.923. The van der Waals surface area contributed by atoms with E-state index >= 15 is 0 Å². The molecule has 0 aromatic carbocycles. The number of rotatable bonds is 1. The fourth-order valence-corrected chi connectivity index (χ4v) is 1.83. The molecule has 1 aliphatic rings. The highest BCUT2D eigenvalue weighted by Gasteiger charge is 2.45. The average molecular weight is 211 g/mol. The zero-order chi connectivity index (χ0) is 11.9. The van der Waals surface area contributed by atoms with Crippen molar-refractivity contribution >= 4 is 5.71 Å². The third-order valence-corrected chi connectivity index (χ3v) is 3.57. The Morgan fingerprint density at radius 2 is 1.40 bits per heavy atom. The van der Waals surface area contributed by atoms with Crippen molar-refractivity contribution in [3.05, 3.63) is 0 Å². The first kappa shape index (κ1) is 12.5. The van der Waals surface area contributed by atoms with E-state index in [1.54, 1.807) is 0 Å². The van der Waals surface area contributed by atoms with Gasteiger partial charge in [0, 0.05) is 0 Å². The maximum absolute atomic E-state index is 5.49.